The van der Waals surface area contributed by atoms with Crippen molar-refractivity contribution >= 4 is 5.69 Å². The monoisotopic (exact) mass is 207 g/mol. The number of nitrogens with one attached hydrogen (secondary N) is 1. The van der Waals surface area contributed by atoms with Crippen LogP contribution in [-0.4, -0.2) is 17.8 Å². The smallest absolute Gasteiger partial charge is 0.0684 e. The summed E-state index contributed by atoms with van der Waals surface area (Å²) < 4.78 is 0. The molecule has 0 amide bonds. The zero-order chi connectivity index (χ0) is 11.5. The fourth-order valence-corrected chi connectivity index (χ4v) is 1.55. The number of rotatable bonds is 3. The summed E-state index contributed by atoms with van der Waals surface area (Å²) in [6.45, 7) is 8.95. The van der Waals surface area contributed by atoms with Crippen molar-refractivity contribution in [1.82, 2.24) is 0 Å². The van der Waals surface area contributed by atoms with Crippen LogP contribution in [-0.2, 0) is 5.41 Å². The first-order valence-electron chi connectivity index (χ1n) is 5.42. The first-order chi connectivity index (χ1) is 6.91. The molecule has 1 aromatic rings. The van der Waals surface area contributed by atoms with Crippen molar-refractivity contribution in [1.29, 1.82) is 0 Å². The summed E-state index contributed by atoms with van der Waals surface area (Å²) in [7, 11) is 0. The quantitative estimate of drug-likeness (QED) is 0.798. The number of aliphatic hydroxyl groups excluding tert-OH is 1. The van der Waals surface area contributed by atoms with Gasteiger partial charge >= 0.3 is 0 Å². The van der Waals surface area contributed by atoms with Gasteiger partial charge in [-0.25, -0.2) is 0 Å². The molecular weight excluding hydrogens is 186 g/mol. The average Bonchev–Trinajstić information content (AvgIpc) is 2.13. The molecule has 0 unspecified atom stereocenters. The van der Waals surface area contributed by atoms with Crippen molar-refractivity contribution in [3.8, 4) is 0 Å². The molecular formula is C13H21NO. The standard InChI is InChI=1S/C13H21NO/c1-10(15)9-14-12-8-6-5-7-11(12)13(2,3)4/h5-8,10,14-15H,9H2,1-4H3/t10-/m0/s1. The van der Waals surface area contributed by atoms with Gasteiger partial charge in [0.1, 0.15) is 0 Å². The third-order valence-electron chi connectivity index (χ3n) is 2.32. The lowest BCUT2D eigenvalue weighted by Gasteiger charge is -2.23. The summed E-state index contributed by atoms with van der Waals surface area (Å²) >= 11 is 0. The fourth-order valence-electron chi connectivity index (χ4n) is 1.55. The number of aliphatic hydroxyl groups is 1. The van der Waals surface area contributed by atoms with E-state index in [-0.39, 0.29) is 11.5 Å². The highest BCUT2D eigenvalue weighted by Crippen LogP contribution is 2.28. The molecule has 1 aromatic carbocycles. The minimum absolute atomic E-state index is 0.127. The largest absolute Gasteiger partial charge is 0.392 e. The molecule has 2 heteroatoms. The molecule has 2 N–H and O–H groups in total. The maximum absolute atomic E-state index is 9.24. The van der Waals surface area contributed by atoms with Crippen molar-refractivity contribution < 1.29 is 5.11 Å². The summed E-state index contributed by atoms with van der Waals surface area (Å²) in [5.41, 5.74) is 2.53. The highest BCUT2D eigenvalue weighted by Gasteiger charge is 2.17. The summed E-state index contributed by atoms with van der Waals surface area (Å²) in [4.78, 5) is 0. The summed E-state index contributed by atoms with van der Waals surface area (Å²) in [5, 5.41) is 12.5. The predicted octanol–water partition coefficient (Wildman–Crippen LogP) is 2.78. The van der Waals surface area contributed by atoms with Gasteiger partial charge in [-0.3, -0.25) is 0 Å². The highest BCUT2D eigenvalue weighted by molar-refractivity contribution is 5.54. The van der Waals surface area contributed by atoms with Crippen molar-refractivity contribution in [2.75, 3.05) is 11.9 Å². The van der Waals surface area contributed by atoms with E-state index in [1.165, 1.54) is 5.56 Å². The molecule has 1 rings (SSSR count). The molecule has 0 radical (unpaired) electrons. The second-order valence-corrected chi connectivity index (χ2v) is 5.03. The maximum Gasteiger partial charge on any atom is 0.0684 e. The second-order valence-electron chi connectivity index (χ2n) is 5.03. The van der Waals surface area contributed by atoms with Gasteiger partial charge < -0.3 is 10.4 Å². The van der Waals surface area contributed by atoms with Crippen LogP contribution in [0.2, 0.25) is 0 Å². The van der Waals surface area contributed by atoms with E-state index < -0.39 is 0 Å². The number of anilines is 1. The van der Waals surface area contributed by atoms with Crippen LogP contribution < -0.4 is 5.32 Å². The summed E-state index contributed by atoms with van der Waals surface area (Å²) in [6.07, 6.45) is -0.321. The molecule has 1 atom stereocenters. The predicted molar refractivity (Wildman–Crippen MR) is 65.3 cm³/mol. The Balaban J connectivity index is 2.87. The topological polar surface area (TPSA) is 32.3 Å². The minimum atomic E-state index is -0.321. The van der Waals surface area contributed by atoms with Gasteiger partial charge in [0.2, 0.25) is 0 Å². The Hall–Kier alpha value is -1.02. The van der Waals surface area contributed by atoms with E-state index in [0.717, 1.165) is 5.69 Å². The summed E-state index contributed by atoms with van der Waals surface area (Å²) in [6, 6.07) is 8.25. The van der Waals surface area contributed by atoms with E-state index in [0.29, 0.717) is 6.54 Å². The van der Waals surface area contributed by atoms with E-state index >= 15 is 0 Å². The molecule has 0 aliphatic carbocycles. The van der Waals surface area contributed by atoms with Gasteiger partial charge in [0.15, 0.2) is 0 Å². The molecule has 0 spiro atoms. The van der Waals surface area contributed by atoms with Crippen molar-refractivity contribution in [2.45, 2.75) is 39.2 Å². The van der Waals surface area contributed by atoms with Crippen LogP contribution in [0, 0.1) is 0 Å². The Bertz CT molecular complexity index is 313. The third-order valence-corrected chi connectivity index (χ3v) is 2.32. The SMILES string of the molecule is C[C@H](O)CNc1ccccc1C(C)(C)C. The molecule has 0 heterocycles. The van der Waals surface area contributed by atoms with Crippen LogP contribution in [0.5, 0.6) is 0 Å². The van der Waals surface area contributed by atoms with E-state index in [1.54, 1.807) is 6.92 Å². The molecule has 0 saturated heterocycles. The molecule has 0 aliphatic rings. The Morgan fingerprint density at radius 2 is 1.87 bits per heavy atom. The van der Waals surface area contributed by atoms with Gasteiger partial charge in [-0.05, 0) is 24.0 Å². The van der Waals surface area contributed by atoms with E-state index in [1.807, 2.05) is 12.1 Å². The van der Waals surface area contributed by atoms with Crippen LogP contribution in [0.1, 0.15) is 33.3 Å². The van der Waals surface area contributed by atoms with Gasteiger partial charge in [-0.2, -0.15) is 0 Å². The van der Waals surface area contributed by atoms with Crippen molar-refractivity contribution in [2.24, 2.45) is 0 Å². The van der Waals surface area contributed by atoms with Crippen LogP contribution in [0.15, 0.2) is 24.3 Å². The fraction of sp³-hybridized carbons (Fsp3) is 0.538. The Labute approximate surface area is 92.3 Å². The zero-order valence-electron chi connectivity index (χ0n) is 10.0. The molecule has 0 aliphatic heterocycles. The Morgan fingerprint density at radius 1 is 1.27 bits per heavy atom. The van der Waals surface area contributed by atoms with Gasteiger partial charge in [0, 0.05) is 12.2 Å². The van der Waals surface area contributed by atoms with Gasteiger partial charge in [0.05, 0.1) is 6.10 Å². The molecule has 0 aromatic heterocycles. The first-order valence-corrected chi connectivity index (χ1v) is 5.42. The van der Waals surface area contributed by atoms with Crippen molar-refractivity contribution in [3.63, 3.8) is 0 Å². The zero-order valence-corrected chi connectivity index (χ0v) is 10.0. The third kappa shape index (κ3) is 3.56. The van der Waals surface area contributed by atoms with Crippen LogP contribution in [0.4, 0.5) is 5.69 Å². The van der Waals surface area contributed by atoms with Crippen molar-refractivity contribution in [3.05, 3.63) is 29.8 Å². The maximum atomic E-state index is 9.24. The first kappa shape index (κ1) is 12.1. The number of hydrogen-bond donors (Lipinski definition) is 2. The lowest BCUT2D eigenvalue weighted by molar-refractivity contribution is 0.208. The molecule has 84 valence electrons. The van der Waals surface area contributed by atoms with E-state index in [9.17, 15) is 5.11 Å². The van der Waals surface area contributed by atoms with E-state index in [4.69, 9.17) is 0 Å². The van der Waals surface area contributed by atoms with Crippen LogP contribution in [0.3, 0.4) is 0 Å². The molecule has 2 nitrogen and oxygen atoms in total. The number of hydrogen-bond acceptors (Lipinski definition) is 2. The second kappa shape index (κ2) is 4.67. The lowest BCUT2D eigenvalue weighted by atomic mass is 9.86. The number of benzene rings is 1. The Morgan fingerprint density at radius 3 is 2.40 bits per heavy atom. The van der Waals surface area contributed by atoms with Gasteiger partial charge in [0.25, 0.3) is 0 Å². The minimum Gasteiger partial charge on any atom is -0.392 e. The van der Waals surface area contributed by atoms with Gasteiger partial charge in [-0.15, -0.1) is 0 Å². The Kier molecular flexibility index (Phi) is 3.75. The van der Waals surface area contributed by atoms with Gasteiger partial charge in [-0.1, -0.05) is 39.0 Å². The average molecular weight is 207 g/mol. The normalized spacial score (nSPS) is 13.7. The molecule has 0 bridgehead atoms. The van der Waals surface area contributed by atoms with Crippen LogP contribution >= 0.6 is 0 Å². The van der Waals surface area contributed by atoms with Crippen LogP contribution in [0.25, 0.3) is 0 Å². The summed E-state index contributed by atoms with van der Waals surface area (Å²) in [5.74, 6) is 0. The molecule has 0 fully saturated rings. The van der Waals surface area contributed by atoms with E-state index in [2.05, 4.69) is 38.2 Å². The molecule has 0 saturated carbocycles. The molecule has 15 heavy (non-hydrogen) atoms. The highest BCUT2D eigenvalue weighted by atomic mass is 16.3. The lowest BCUT2D eigenvalue weighted by Crippen LogP contribution is -2.19. The number of para-hydroxylation sites is 1.